The van der Waals surface area contributed by atoms with Crippen LogP contribution >= 0.6 is 0 Å². The minimum absolute atomic E-state index is 0.157. The predicted molar refractivity (Wildman–Crippen MR) is 111 cm³/mol. The highest BCUT2D eigenvalue weighted by molar-refractivity contribution is 7.89. The Morgan fingerprint density at radius 2 is 1.79 bits per heavy atom. The van der Waals surface area contributed by atoms with E-state index in [4.69, 9.17) is 9.47 Å². The van der Waals surface area contributed by atoms with Crippen LogP contribution in [0.15, 0.2) is 70.7 Å². The molecule has 3 aromatic rings. The number of rotatable bonds is 8. The van der Waals surface area contributed by atoms with Gasteiger partial charge in [0.1, 0.15) is 0 Å². The maximum absolute atomic E-state index is 12.5. The molecule has 0 aromatic heterocycles. The SMILES string of the molecule is CCCOc1ccc(C=NNS(=O)(=O)c2ccc3ccccc3c2)cc1OC. The first-order valence-electron chi connectivity index (χ1n) is 8.88. The van der Waals surface area contributed by atoms with Crippen molar-refractivity contribution in [2.45, 2.75) is 18.2 Å². The summed E-state index contributed by atoms with van der Waals surface area (Å²) in [6.45, 7) is 2.62. The van der Waals surface area contributed by atoms with E-state index in [0.29, 0.717) is 23.7 Å². The van der Waals surface area contributed by atoms with Crippen molar-refractivity contribution in [2.75, 3.05) is 13.7 Å². The Morgan fingerprint density at radius 1 is 1.00 bits per heavy atom. The fraction of sp³-hybridized carbons (Fsp3) is 0.190. The van der Waals surface area contributed by atoms with Gasteiger partial charge in [0.15, 0.2) is 11.5 Å². The molecule has 0 aliphatic rings. The third-order valence-electron chi connectivity index (χ3n) is 4.07. The molecular weight excluding hydrogens is 376 g/mol. The second-order valence-corrected chi connectivity index (χ2v) is 7.78. The third kappa shape index (κ3) is 4.61. The highest BCUT2D eigenvalue weighted by Gasteiger charge is 2.13. The van der Waals surface area contributed by atoms with Crippen LogP contribution < -0.4 is 14.3 Å². The van der Waals surface area contributed by atoms with Crippen molar-refractivity contribution in [3.63, 3.8) is 0 Å². The van der Waals surface area contributed by atoms with E-state index in [1.54, 1.807) is 43.5 Å². The first-order chi connectivity index (χ1) is 13.5. The maximum atomic E-state index is 12.5. The van der Waals surface area contributed by atoms with Gasteiger partial charge in [-0.25, -0.2) is 4.83 Å². The lowest BCUT2D eigenvalue weighted by Crippen LogP contribution is -2.18. The molecule has 7 heteroatoms. The molecule has 0 radical (unpaired) electrons. The van der Waals surface area contributed by atoms with Crippen LogP contribution in [-0.2, 0) is 10.0 Å². The molecule has 0 fully saturated rings. The summed E-state index contributed by atoms with van der Waals surface area (Å²) in [5, 5.41) is 5.70. The van der Waals surface area contributed by atoms with E-state index < -0.39 is 10.0 Å². The normalized spacial score (nSPS) is 11.6. The number of hydrogen-bond acceptors (Lipinski definition) is 5. The molecule has 0 aliphatic heterocycles. The summed E-state index contributed by atoms with van der Waals surface area (Å²) in [6.07, 6.45) is 2.31. The second-order valence-electron chi connectivity index (χ2n) is 6.12. The first kappa shape index (κ1) is 19.7. The van der Waals surface area contributed by atoms with Crippen LogP contribution in [0.5, 0.6) is 11.5 Å². The van der Waals surface area contributed by atoms with Crippen molar-refractivity contribution in [3.8, 4) is 11.5 Å². The van der Waals surface area contributed by atoms with Crippen LogP contribution in [0.25, 0.3) is 10.8 Å². The highest BCUT2D eigenvalue weighted by Crippen LogP contribution is 2.27. The number of methoxy groups -OCH3 is 1. The molecule has 1 N–H and O–H groups in total. The molecule has 0 spiro atoms. The summed E-state index contributed by atoms with van der Waals surface area (Å²) in [5.41, 5.74) is 0.682. The fourth-order valence-corrected chi connectivity index (χ4v) is 3.48. The summed E-state index contributed by atoms with van der Waals surface area (Å²) in [4.78, 5) is 2.40. The highest BCUT2D eigenvalue weighted by atomic mass is 32.2. The summed E-state index contributed by atoms with van der Waals surface area (Å²) < 4.78 is 35.9. The Labute approximate surface area is 164 Å². The number of fused-ring (bicyclic) bond motifs is 1. The van der Waals surface area contributed by atoms with Gasteiger partial charge in [-0.15, -0.1) is 0 Å². The first-order valence-corrected chi connectivity index (χ1v) is 10.4. The average molecular weight is 398 g/mol. The van der Waals surface area contributed by atoms with Crippen molar-refractivity contribution in [3.05, 3.63) is 66.2 Å². The number of sulfonamides is 1. The van der Waals surface area contributed by atoms with E-state index in [-0.39, 0.29) is 4.90 Å². The molecule has 146 valence electrons. The van der Waals surface area contributed by atoms with Gasteiger partial charge in [-0.05, 0) is 53.1 Å². The number of nitrogens with zero attached hydrogens (tertiary/aromatic N) is 1. The lowest BCUT2D eigenvalue weighted by Gasteiger charge is -2.10. The zero-order valence-corrected chi connectivity index (χ0v) is 16.6. The number of benzene rings is 3. The topological polar surface area (TPSA) is 77.0 Å². The third-order valence-corrected chi connectivity index (χ3v) is 5.29. The minimum Gasteiger partial charge on any atom is -0.493 e. The summed E-state index contributed by atoms with van der Waals surface area (Å²) in [7, 11) is -2.21. The van der Waals surface area contributed by atoms with Gasteiger partial charge in [0.2, 0.25) is 0 Å². The summed E-state index contributed by atoms with van der Waals surface area (Å²) in [6, 6.07) is 17.8. The zero-order chi connectivity index (χ0) is 20.0. The molecule has 3 aromatic carbocycles. The van der Waals surface area contributed by atoms with Gasteiger partial charge in [-0.2, -0.15) is 13.5 Å². The zero-order valence-electron chi connectivity index (χ0n) is 15.8. The van der Waals surface area contributed by atoms with Crippen LogP contribution in [0.1, 0.15) is 18.9 Å². The van der Waals surface area contributed by atoms with Crippen molar-refractivity contribution >= 4 is 27.0 Å². The van der Waals surface area contributed by atoms with Gasteiger partial charge in [-0.3, -0.25) is 0 Å². The van der Waals surface area contributed by atoms with E-state index in [1.165, 1.54) is 6.21 Å². The average Bonchev–Trinajstić information content (AvgIpc) is 2.72. The molecule has 28 heavy (non-hydrogen) atoms. The molecular formula is C21H22N2O4S. The Kier molecular flexibility index (Phi) is 6.16. The van der Waals surface area contributed by atoms with Crippen molar-refractivity contribution in [1.29, 1.82) is 0 Å². The number of hydrogen-bond donors (Lipinski definition) is 1. The molecule has 0 bridgehead atoms. The molecule has 0 aliphatic carbocycles. The predicted octanol–water partition coefficient (Wildman–Crippen LogP) is 3.95. The van der Waals surface area contributed by atoms with Crippen molar-refractivity contribution in [2.24, 2.45) is 5.10 Å². The van der Waals surface area contributed by atoms with Gasteiger partial charge in [0.25, 0.3) is 10.0 Å². The fourth-order valence-electron chi connectivity index (χ4n) is 2.65. The molecule has 0 saturated carbocycles. The van der Waals surface area contributed by atoms with Crippen molar-refractivity contribution in [1.82, 2.24) is 4.83 Å². The second kappa shape index (κ2) is 8.75. The van der Waals surface area contributed by atoms with E-state index in [9.17, 15) is 8.42 Å². The summed E-state index contributed by atoms with van der Waals surface area (Å²) in [5.74, 6) is 1.20. The van der Waals surface area contributed by atoms with Gasteiger partial charge in [-0.1, -0.05) is 37.3 Å². The van der Waals surface area contributed by atoms with Crippen LogP contribution in [0.4, 0.5) is 0 Å². The quantitative estimate of drug-likeness (QED) is 0.460. The van der Waals surface area contributed by atoms with E-state index in [1.807, 2.05) is 31.2 Å². The largest absolute Gasteiger partial charge is 0.493 e. The molecule has 3 rings (SSSR count). The molecule has 0 saturated heterocycles. The summed E-state index contributed by atoms with van der Waals surface area (Å²) >= 11 is 0. The van der Waals surface area contributed by atoms with Gasteiger partial charge >= 0.3 is 0 Å². The van der Waals surface area contributed by atoms with E-state index in [0.717, 1.165) is 17.2 Å². The van der Waals surface area contributed by atoms with Gasteiger partial charge < -0.3 is 9.47 Å². The van der Waals surface area contributed by atoms with Crippen LogP contribution in [0.2, 0.25) is 0 Å². The lowest BCUT2D eigenvalue weighted by atomic mass is 10.1. The molecule has 0 unspecified atom stereocenters. The van der Waals surface area contributed by atoms with Gasteiger partial charge in [0.05, 0.1) is 24.8 Å². The number of hydrazone groups is 1. The monoisotopic (exact) mass is 398 g/mol. The van der Waals surface area contributed by atoms with E-state index >= 15 is 0 Å². The molecule has 6 nitrogen and oxygen atoms in total. The number of ether oxygens (including phenoxy) is 2. The van der Waals surface area contributed by atoms with Crippen molar-refractivity contribution < 1.29 is 17.9 Å². The Morgan fingerprint density at radius 3 is 2.54 bits per heavy atom. The molecule has 0 amide bonds. The Hall–Kier alpha value is -3.06. The minimum atomic E-state index is -3.76. The molecule has 0 heterocycles. The van der Waals surface area contributed by atoms with Crippen LogP contribution in [0, 0.1) is 0 Å². The standard InChI is InChI=1S/C21H22N2O4S/c1-3-12-27-20-11-8-16(13-21(20)26-2)15-22-23-28(24,25)19-10-9-17-6-4-5-7-18(17)14-19/h4-11,13-15,23H,3,12H2,1-2H3. The van der Waals surface area contributed by atoms with Gasteiger partial charge in [0, 0.05) is 0 Å². The molecule has 0 atom stereocenters. The maximum Gasteiger partial charge on any atom is 0.276 e. The number of nitrogens with one attached hydrogen (secondary N) is 1. The Bertz CT molecular complexity index is 1090. The van der Waals surface area contributed by atoms with E-state index in [2.05, 4.69) is 9.93 Å². The van der Waals surface area contributed by atoms with Crippen LogP contribution in [0.3, 0.4) is 0 Å². The lowest BCUT2D eigenvalue weighted by molar-refractivity contribution is 0.294. The Balaban J connectivity index is 1.75. The van der Waals surface area contributed by atoms with Crippen LogP contribution in [-0.4, -0.2) is 28.3 Å². The smallest absolute Gasteiger partial charge is 0.276 e.